The first kappa shape index (κ1) is 28.4. The Kier molecular flexibility index (Phi) is 184. The summed E-state index contributed by atoms with van der Waals surface area (Å²) in [6, 6.07) is 0. The van der Waals surface area contributed by atoms with E-state index in [4.69, 9.17) is 5.11 Å². The number of aliphatic hydroxyl groups is 1. The van der Waals surface area contributed by atoms with Crippen molar-refractivity contribution in [3.63, 3.8) is 0 Å². The van der Waals surface area contributed by atoms with Gasteiger partial charge in [-0.05, 0) is 6.92 Å². The van der Waals surface area contributed by atoms with Gasteiger partial charge >= 0.3 is 29.6 Å². The molecule has 0 bridgehead atoms. The Morgan fingerprint density at radius 3 is 1.50 bits per heavy atom. The van der Waals surface area contributed by atoms with Crippen LogP contribution < -0.4 is 29.6 Å². The van der Waals surface area contributed by atoms with E-state index in [1.165, 1.54) is 0 Å². The maximum atomic E-state index is 7.57. The van der Waals surface area contributed by atoms with Crippen LogP contribution in [0.4, 0.5) is 0 Å². The van der Waals surface area contributed by atoms with Crippen LogP contribution in [-0.2, 0) is 0 Å². The van der Waals surface area contributed by atoms with E-state index in [-0.39, 0.29) is 49.1 Å². The van der Waals surface area contributed by atoms with Crippen molar-refractivity contribution >= 4 is 0 Å². The van der Waals surface area contributed by atoms with Crippen molar-refractivity contribution < 1.29 is 40.1 Å². The van der Waals surface area contributed by atoms with Gasteiger partial charge in [0.05, 0.1) is 0 Å². The molecule has 6 heavy (non-hydrogen) atoms. The van der Waals surface area contributed by atoms with Gasteiger partial charge in [-0.25, -0.2) is 0 Å². The van der Waals surface area contributed by atoms with Crippen molar-refractivity contribution in [2.45, 2.75) is 14.4 Å². The number of rotatable bonds is 0. The summed E-state index contributed by atoms with van der Waals surface area (Å²) in [6.07, 6.45) is 0. The summed E-state index contributed by atoms with van der Waals surface area (Å²) >= 11 is 0. The molecule has 0 atom stereocenters. The Hall–Kier alpha value is 0.920. The molecule has 0 aliphatic carbocycles. The minimum absolute atomic E-state index is 0. The van der Waals surface area contributed by atoms with Gasteiger partial charge in [-0.15, -0.1) is 0 Å². The van der Waals surface area contributed by atoms with Crippen molar-refractivity contribution in [2.24, 2.45) is 0 Å². The Morgan fingerprint density at radius 1 is 1.50 bits per heavy atom. The van der Waals surface area contributed by atoms with Crippen molar-refractivity contribution in [3.05, 3.63) is 0 Å². The zero-order valence-corrected chi connectivity index (χ0v) is 5.60. The third kappa shape index (κ3) is 89.3. The molecular formula is C3H11NaO2. The average molecular weight is 102 g/mol. The van der Waals surface area contributed by atoms with Gasteiger partial charge in [0.1, 0.15) is 0 Å². The number of hydrogen-bond donors (Lipinski definition) is 1. The van der Waals surface area contributed by atoms with E-state index in [0.29, 0.717) is 0 Å². The molecule has 0 fully saturated rings. The minimum Gasteiger partial charge on any atom is -0.870 e. The molecule has 0 heterocycles. The molecule has 0 radical (unpaired) electrons. The predicted molar refractivity (Wildman–Crippen MR) is 21.4 cm³/mol. The average Bonchev–Trinajstić information content (AvgIpc) is 0.918. The van der Waals surface area contributed by atoms with E-state index >= 15 is 0 Å². The molecule has 0 saturated heterocycles. The summed E-state index contributed by atoms with van der Waals surface area (Å²) < 4.78 is 0. The van der Waals surface area contributed by atoms with Gasteiger partial charge in [0.2, 0.25) is 0 Å². The van der Waals surface area contributed by atoms with E-state index in [1.54, 1.807) is 6.92 Å². The second-order valence-electron chi connectivity index (χ2n) is 0.316. The summed E-state index contributed by atoms with van der Waals surface area (Å²) in [5.41, 5.74) is 0. The third-order valence-electron chi connectivity index (χ3n) is 0. The molecule has 0 spiro atoms. The smallest absolute Gasteiger partial charge is 0.870 e. The van der Waals surface area contributed by atoms with Crippen molar-refractivity contribution in [1.82, 2.24) is 0 Å². The van der Waals surface area contributed by atoms with Gasteiger partial charge in [-0.3, -0.25) is 0 Å². The Bertz CT molecular complexity index is 8.75. The fourth-order valence-corrected chi connectivity index (χ4v) is 0. The normalized spacial score (nSPS) is 3.00. The topological polar surface area (TPSA) is 50.2 Å². The first-order valence-electron chi connectivity index (χ1n) is 1.02. The first-order chi connectivity index (χ1) is 1.41. The van der Waals surface area contributed by atoms with E-state index in [1.807, 2.05) is 0 Å². The van der Waals surface area contributed by atoms with Gasteiger partial charge in [0.15, 0.2) is 0 Å². The fraction of sp³-hybridized carbons (Fsp3) is 1.00. The molecule has 0 aromatic heterocycles. The maximum absolute atomic E-state index is 7.57. The third-order valence-corrected chi connectivity index (χ3v) is 0. The van der Waals surface area contributed by atoms with Crippen molar-refractivity contribution in [3.8, 4) is 0 Å². The second kappa shape index (κ2) is 38.9. The molecule has 0 unspecified atom stereocenters. The van der Waals surface area contributed by atoms with Crippen LogP contribution in [0, 0.1) is 0 Å². The molecule has 36 valence electrons. The number of aliphatic hydroxyl groups excluding tert-OH is 1. The molecule has 0 rings (SSSR count). The largest absolute Gasteiger partial charge is 1.00 e. The summed E-state index contributed by atoms with van der Waals surface area (Å²) in [4.78, 5) is 0. The van der Waals surface area contributed by atoms with E-state index < -0.39 is 0 Å². The van der Waals surface area contributed by atoms with E-state index in [2.05, 4.69) is 0 Å². The van der Waals surface area contributed by atoms with Crippen LogP contribution in [0.25, 0.3) is 0 Å². The Balaban J connectivity index is -0.00000000667. The monoisotopic (exact) mass is 102 g/mol. The minimum atomic E-state index is 0. The van der Waals surface area contributed by atoms with Crippen LogP contribution in [0.15, 0.2) is 0 Å². The summed E-state index contributed by atoms with van der Waals surface area (Å²) in [7, 11) is 0. The standard InChI is InChI=1S/C2H6O.CH4.Na.H2O/c1-2-3;;;/h3H,2H2,1H3;1H4;;1H2/q;;+1;/p-1. The van der Waals surface area contributed by atoms with Gasteiger partial charge in [0.25, 0.3) is 0 Å². The van der Waals surface area contributed by atoms with Crippen LogP contribution in [0.5, 0.6) is 0 Å². The molecule has 0 amide bonds. The van der Waals surface area contributed by atoms with Crippen molar-refractivity contribution in [1.29, 1.82) is 0 Å². The number of hydrogen-bond acceptors (Lipinski definition) is 2. The summed E-state index contributed by atoms with van der Waals surface area (Å²) in [5.74, 6) is 0. The zero-order valence-electron chi connectivity index (χ0n) is 3.60. The van der Waals surface area contributed by atoms with Gasteiger partial charge in [-0.2, -0.15) is 0 Å². The van der Waals surface area contributed by atoms with Crippen LogP contribution in [-0.4, -0.2) is 17.2 Å². The van der Waals surface area contributed by atoms with E-state index in [9.17, 15) is 0 Å². The molecule has 2 N–H and O–H groups in total. The maximum Gasteiger partial charge on any atom is 1.00 e. The molecule has 0 aliphatic heterocycles. The summed E-state index contributed by atoms with van der Waals surface area (Å²) in [5, 5.41) is 7.57. The quantitative estimate of drug-likeness (QED) is 0.343. The van der Waals surface area contributed by atoms with Gasteiger partial charge < -0.3 is 10.6 Å². The molecule has 0 aliphatic rings. The molecule has 3 heteroatoms. The van der Waals surface area contributed by atoms with E-state index in [0.717, 1.165) is 0 Å². The SMILES string of the molecule is C.CCO.[Na+].[OH-]. The van der Waals surface area contributed by atoms with Crippen LogP contribution >= 0.6 is 0 Å². The second-order valence-corrected chi connectivity index (χ2v) is 0.316. The van der Waals surface area contributed by atoms with Gasteiger partial charge in [0, 0.05) is 6.61 Å². The predicted octanol–water partition coefficient (Wildman–Crippen LogP) is -2.54. The Labute approximate surface area is 61.2 Å². The van der Waals surface area contributed by atoms with Crippen LogP contribution in [0.3, 0.4) is 0 Å². The Morgan fingerprint density at radius 2 is 1.50 bits per heavy atom. The molecular weight excluding hydrogens is 91.0 g/mol. The van der Waals surface area contributed by atoms with Crippen molar-refractivity contribution in [2.75, 3.05) is 6.61 Å². The van der Waals surface area contributed by atoms with Crippen LogP contribution in [0.2, 0.25) is 0 Å². The fourth-order valence-electron chi connectivity index (χ4n) is 0. The molecule has 0 aromatic carbocycles. The van der Waals surface area contributed by atoms with Crippen LogP contribution in [0.1, 0.15) is 14.4 Å². The molecule has 0 aromatic rings. The summed E-state index contributed by atoms with van der Waals surface area (Å²) in [6.45, 7) is 1.93. The van der Waals surface area contributed by atoms with Gasteiger partial charge in [-0.1, -0.05) is 7.43 Å². The molecule has 2 nitrogen and oxygen atoms in total. The first-order valence-corrected chi connectivity index (χ1v) is 1.02. The zero-order chi connectivity index (χ0) is 2.71. The molecule has 0 saturated carbocycles.